The number of nitrogen functional groups attached to an aromatic ring is 1. The van der Waals surface area contributed by atoms with Crippen LogP contribution >= 0.6 is 11.6 Å². The fourth-order valence-corrected chi connectivity index (χ4v) is 4.23. The molecule has 0 spiro atoms. The Morgan fingerprint density at radius 1 is 1.24 bits per heavy atom. The molecular weight excluding hydrogens is 492 g/mol. The van der Waals surface area contributed by atoms with Gasteiger partial charge in [-0.05, 0) is 44.1 Å². The zero-order valence-electron chi connectivity index (χ0n) is 23.3. The summed E-state index contributed by atoms with van der Waals surface area (Å²) >= 11 is 6.08. The van der Waals surface area contributed by atoms with Gasteiger partial charge in [0.15, 0.2) is 0 Å². The second kappa shape index (κ2) is 20.6. The highest BCUT2D eigenvalue weighted by molar-refractivity contribution is 6.33. The lowest BCUT2D eigenvalue weighted by Crippen LogP contribution is -2.45. The normalized spacial score (nSPS) is 14.3. The second-order valence-electron chi connectivity index (χ2n) is 9.15. The van der Waals surface area contributed by atoms with Gasteiger partial charge in [-0.1, -0.05) is 32.4 Å². The summed E-state index contributed by atoms with van der Waals surface area (Å²) in [5.74, 6) is 0.759. The number of terminal acetylenes is 1. The van der Waals surface area contributed by atoms with Crippen LogP contribution in [0.25, 0.3) is 0 Å². The molecule has 1 fully saturated rings. The predicted octanol–water partition coefficient (Wildman–Crippen LogP) is 4.31. The summed E-state index contributed by atoms with van der Waals surface area (Å²) < 4.78 is 9.97. The number of carbonyl (C=O) groups is 2. The number of amides is 2. The predicted molar refractivity (Wildman–Crippen MR) is 153 cm³/mol. The van der Waals surface area contributed by atoms with E-state index in [0.29, 0.717) is 27.9 Å². The van der Waals surface area contributed by atoms with Crippen LogP contribution in [0.3, 0.4) is 0 Å². The maximum Gasteiger partial charge on any atom is 0.255 e. The van der Waals surface area contributed by atoms with E-state index in [2.05, 4.69) is 43.8 Å². The quantitative estimate of drug-likeness (QED) is 0.221. The van der Waals surface area contributed by atoms with Crippen LogP contribution in [0.4, 0.5) is 5.69 Å². The number of nitrogens with one attached hydrogen (secondary N) is 1. The van der Waals surface area contributed by atoms with E-state index in [4.69, 9.17) is 26.8 Å². The molecule has 1 aliphatic rings. The molecule has 0 bridgehead atoms. The molecule has 8 nitrogen and oxygen atoms in total. The van der Waals surface area contributed by atoms with Crippen molar-refractivity contribution in [3.63, 3.8) is 0 Å². The van der Waals surface area contributed by atoms with Crippen molar-refractivity contribution in [2.75, 3.05) is 59.3 Å². The van der Waals surface area contributed by atoms with Gasteiger partial charge in [0.05, 0.1) is 23.4 Å². The van der Waals surface area contributed by atoms with Crippen LogP contribution in [-0.4, -0.2) is 81.7 Å². The highest BCUT2D eigenvalue weighted by Gasteiger charge is 2.24. The molecule has 9 heteroatoms. The smallest absolute Gasteiger partial charge is 0.255 e. The summed E-state index contributed by atoms with van der Waals surface area (Å²) in [7, 11) is 3.22. The van der Waals surface area contributed by atoms with Gasteiger partial charge in [-0.3, -0.25) is 9.59 Å². The first-order chi connectivity index (χ1) is 17.8. The first-order valence-corrected chi connectivity index (χ1v) is 13.3. The number of ether oxygens (including phenoxy) is 2. The van der Waals surface area contributed by atoms with Gasteiger partial charge in [0, 0.05) is 58.5 Å². The number of hydrogen-bond acceptors (Lipinski definition) is 6. The topological polar surface area (TPSA) is 97.1 Å². The summed E-state index contributed by atoms with van der Waals surface area (Å²) in [6.45, 7) is 11.8. The van der Waals surface area contributed by atoms with Crippen LogP contribution in [0.1, 0.15) is 63.2 Å². The SMILES string of the molecule is C#C.CCCN(C=O)CCC(C)CN1CCC(NC(=O)c2cc(Cl)c(N)cc2OC)CC1.CCCOC. The van der Waals surface area contributed by atoms with Gasteiger partial charge in [0.25, 0.3) is 5.91 Å². The van der Waals surface area contributed by atoms with E-state index in [0.717, 1.165) is 77.8 Å². The number of rotatable bonds is 13. The molecule has 1 atom stereocenters. The van der Waals surface area contributed by atoms with E-state index >= 15 is 0 Å². The number of nitrogens with two attached hydrogens (primary N) is 1. The standard InChI is InChI=1S/C22H35ClN4O3.C4H10O.C2H2/c1-4-8-27(15-28)9-5-16(2)14-26-10-6-17(7-11-26)25-22(29)18-12-19(23)20(24)13-21(18)30-3;1-3-4-5-2;1-2/h12-13,15-17H,4-11,14,24H2,1-3H3,(H,25,29);3-4H2,1-2H3;1-2H. The van der Waals surface area contributed by atoms with E-state index in [1.165, 1.54) is 7.11 Å². The van der Waals surface area contributed by atoms with Gasteiger partial charge < -0.3 is 30.3 Å². The molecule has 2 rings (SSSR count). The van der Waals surface area contributed by atoms with Crippen molar-refractivity contribution in [2.45, 2.75) is 58.9 Å². The van der Waals surface area contributed by atoms with Crippen LogP contribution in [0.2, 0.25) is 5.02 Å². The average molecular weight is 539 g/mol. The van der Waals surface area contributed by atoms with E-state index in [-0.39, 0.29) is 11.9 Å². The number of likely N-dealkylation sites (tertiary alicyclic amines) is 1. The largest absolute Gasteiger partial charge is 0.496 e. The molecule has 37 heavy (non-hydrogen) atoms. The summed E-state index contributed by atoms with van der Waals surface area (Å²) in [4.78, 5) is 28.1. The van der Waals surface area contributed by atoms with E-state index in [1.807, 2.05) is 4.90 Å². The van der Waals surface area contributed by atoms with E-state index < -0.39 is 0 Å². The summed E-state index contributed by atoms with van der Waals surface area (Å²) in [5.41, 5.74) is 6.59. The fourth-order valence-electron chi connectivity index (χ4n) is 4.07. The Morgan fingerprint density at radius 3 is 2.38 bits per heavy atom. The van der Waals surface area contributed by atoms with Crippen molar-refractivity contribution >= 4 is 29.6 Å². The van der Waals surface area contributed by atoms with Crippen LogP contribution in [0.15, 0.2) is 12.1 Å². The molecule has 1 heterocycles. The van der Waals surface area contributed by atoms with Crippen molar-refractivity contribution in [3.05, 3.63) is 22.7 Å². The number of nitrogens with zero attached hydrogens (tertiary/aromatic N) is 2. The Hall–Kier alpha value is -2.47. The Morgan fingerprint density at radius 2 is 1.89 bits per heavy atom. The van der Waals surface area contributed by atoms with Gasteiger partial charge in [0.2, 0.25) is 6.41 Å². The Kier molecular flexibility index (Phi) is 19.2. The Bertz CT molecular complexity index is 796. The molecule has 0 aromatic heterocycles. The number of benzene rings is 1. The minimum Gasteiger partial charge on any atom is -0.496 e. The molecule has 2 amide bonds. The third kappa shape index (κ3) is 13.6. The molecule has 1 unspecified atom stereocenters. The molecule has 1 saturated heterocycles. The molecule has 0 radical (unpaired) electrons. The molecular formula is C28H47ClN4O4. The van der Waals surface area contributed by atoms with Crippen LogP contribution in [0, 0.1) is 18.8 Å². The first kappa shape index (κ1) is 34.5. The minimum absolute atomic E-state index is 0.125. The summed E-state index contributed by atoms with van der Waals surface area (Å²) in [6.07, 6.45) is 13.9. The summed E-state index contributed by atoms with van der Waals surface area (Å²) in [5, 5.41) is 3.45. The first-order valence-electron chi connectivity index (χ1n) is 13.0. The lowest BCUT2D eigenvalue weighted by molar-refractivity contribution is -0.118. The lowest BCUT2D eigenvalue weighted by Gasteiger charge is -2.34. The number of piperidine rings is 1. The maximum absolute atomic E-state index is 12.7. The molecule has 0 saturated carbocycles. The van der Waals surface area contributed by atoms with Gasteiger partial charge in [-0.15, -0.1) is 12.8 Å². The molecule has 3 N–H and O–H groups in total. The van der Waals surface area contributed by atoms with E-state index in [1.54, 1.807) is 19.2 Å². The average Bonchev–Trinajstić information content (AvgIpc) is 2.91. The van der Waals surface area contributed by atoms with Crippen molar-refractivity contribution < 1.29 is 19.1 Å². The third-order valence-electron chi connectivity index (χ3n) is 6.03. The lowest BCUT2D eigenvalue weighted by atomic mass is 10.0. The number of hydrogen-bond donors (Lipinski definition) is 2. The van der Waals surface area contributed by atoms with Gasteiger partial charge in [-0.2, -0.15) is 0 Å². The highest BCUT2D eigenvalue weighted by atomic mass is 35.5. The number of halogens is 1. The number of anilines is 1. The van der Waals surface area contributed by atoms with E-state index in [9.17, 15) is 9.59 Å². The third-order valence-corrected chi connectivity index (χ3v) is 6.36. The van der Waals surface area contributed by atoms with Crippen molar-refractivity contribution in [3.8, 4) is 18.6 Å². The fraction of sp³-hybridized carbons (Fsp3) is 0.643. The maximum atomic E-state index is 12.7. The number of methoxy groups -OCH3 is 2. The van der Waals surface area contributed by atoms with Crippen LogP contribution in [0.5, 0.6) is 5.75 Å². The molecule has 0 aliphatic carbocycles. The Labute approximate surface area is 229 Å². The summed E-state index contributed by atoms with van der Waals surface area (Å²) in [6, 6.07) is 3.26. The monoisotopic (exact) mass is 538 g/mol. The van der Waals surface area contributed by atoms with Gasteiger partial charge in [-0.25, -0.2) is 0 Å². The Balaban J connectivity index is 0.00000165. The molecule has 1 aliphatic heterocycles. The second-order valence-corrected chi connectivity index (χ2v) is 9.56. The number of carbonyl (C=O) groups excluding carboxylic acids is 2. The minimum atomic E-state index is -0.189. The molecule has 210 valence electrons. The van der Waals surface area contributed by atoms with Gasteiger partial charge in [0.1, 0.15) is 5.75 Å². The molecule has 1 aromatic carbocycles. The van der Waals surface area contributed by atoms with Crippen LogP contribution in [-0.2, 0) is 9.53 Å². The zero-order chi connectivity index (χ0) is 28.2. The van der Waals surface area contributed by atoms with Crippen molar-refractivity contribution in [1.82, 2.24) is 15.1 Å². The zero-order valence-corrected chi connectivity index (χ0v) is 24.1. The van der Waals surface area contributed by atoms with Crippen LogP contribution < -0.4 is 15.8 Å². The van der Waals surface area contributed by atoms with Gasteiger partial charge >= 0.3 is 0 Å². The van der Waals surface area contributed by atoms with Crippen molar-refractivity contribution in [2.24, 2.45) is 5.92 Å². The van der Waals surface area contributed by atoms with Crippen molar-refractivity contribution in [1.29, 1.82) is 0 Å². The molecule has 1 aromatic rings. The highest BCUT2D eigenvalue weighted by Crippen LogP contribution is 2.29.